The maximum atomic E-state index is 6.09. The van der Waals surface area contributed by atoms with Crippen molar-refractivity contribution in [2.45, 2.75) is 82.5 Å². The van der Waals surface area contributed by atoms with E-state index in [2.05, 4.69) is 46.4 Å². The van der Waals surface area contributed by atoms with Gasteiger partial charge in [-0.25, -0.2) is 4.98 Å². The standard InChI is InChI=1S/C24H33N7.2ClH/c1-16(17-7-3-2-4-8-17)27-22-21-23(31(15-26-21)20-9-5-6-10-20)30-24(29-22)28-19-13-11-18(25)12-14-19;;/h2-4,7-8,15-16,18-20H,5-6,9-14,25H2,1H3,(H2,27,28,29,30);2*1H/t16-,18-,19-;;/m1../s1. The number of benzene rings is 1. The van der Waals surface area contributed by atoms with Gasteiger partial charge in [-0.2, -0.15) is 9.97 Å². The van der Waals surface area contributed by atoms with E-state index in [0.29, 0.717) is 24.1 Å². The lowest BCUT2D eigenvalue weighted by Crippen LogP contribution is -2.33. The van der Waals surface area contributed by atoms with Crippen LogP contribution in [0.2, 0.25) is 0 Å². The molecule has 7 nitrogen and oxygen atoms in total. The lowest BCUT2D eigenvalue weighted by Gasteiger charge is -2.27. The fourth-order valence-electron chi connectivity index (χ4n) is 5.01. The van der Waals surface area contributed by atoms with Gasteiger partial charge in [0.25, 0.3) is 0 Å². The van der Waals surface area contributed by atoms with Crippen molar-refractivity contribution < 1.29 is 0 Å². The molecule has 1 aromatic carbocycles. The monoisotopic (exact) mass is 491 g/mol. The molecule has 3 aromatic rings. The van der Waals surface area contributed by atoms with Gasteiger partial charge in [-0.05, 0) is 51.0 Å². The van der Waals surface area contributed by atoms with E-state index in [4.69, 9.17) is 20.7 Å². The molecule has 2 saturated carbocycles. The Morgan fingerprint density at radius 3 is 2.36 bits per heavy atom. The summed E-state index contributed by atoms with van der Waals surface area (Å²) in [5, 5.41) is 7.20. The maximum absolute atomic E-state index is 6.09. The number of halogens is 2. The molecule has 0 aliphatic heterocycles. The van der Waals surface area contributed by atoms with E-state index >= 15 is 0 Å². The molecule has 0 amide bonds. The van der Waals surface area contributed by atoms with Crippen LogP contribution < -0.4 is 16.4 Å². The number of hydrogen-bond acceptors (Lipinski definition) is 6. The first-order valence-corrected chi connectivity index (χ1v) is 11.8. The van der Waals surface area contributed by atoms with Gasteiger partial charge < -0.3 is 20.9 Å². The second kappa shape index (κ2) is 11.4. The highest BCUT2D eigenvalue weighted by Gasteiger charge is 2.24. The quantitative estimate of drug-likeness (QED) is 0.412. The number of fused-ring (bicyclic) bond motifs is 1. The number of nitrogens with one attached hydrogen (secondary N) is 2. The second-order valence-electron chi connectivity index (χ2n) is 9.19. The molecular weight excluding hydrogens is 457 g/mol. The summed E-state index contributed by atoms with van der Waals surface area (Å²) in [7, 11) is 0. The summed E-state index contributed by atoms with van der Waals surface area (Å²) in [4.78, 5) is 14.6. The van der Waals surface area contributed by atoms with Gasteiger partial charge in [-0.3, -0.25) is 0 Å². The third-order valence-electron chi connectivity index (χ3n) is 6.90. The molecule has 2 aromatic heterocycles. The van der Waals surface area contributed by atoms with Crippen molar-refractivity contribution in [1.29, 1.82) is 0 Å². The molecule has 4 N–H and O–H groups in total. The van der Waals surface area contributed by atoms with E-state index in [9.17, 15) is 0 Å². The van der Waals surface area contributed by atoms with Crippen molar-refractivity contribution in [3.8, 4) is 0 Å². The minimum Gasteiger partial charge on any atom is -0.362 e. The molecule has 0 unspecified atom stereocenters. The first kappa shape index (κ1) is 25.5. The highest BCUT2D eigenvalue weighted by molar-refractivity contribution is 5.86. The van der Waals surface area contributed by atoms with Crippen LogP contribution in [0.5, 0.6) is 0 Å². The van der Waals surface area contributed by atoms with E-state index in [0.717, 1.165) is 42.7 Å². The Hall–Kier alpha value is -2.09. The summed E-state index contributed by atoms with van der Waals surface area (Å²) >= 11 is 0. The number of anilines is 2. The zero-order chi connectivity index (χ0) is 21.2. The first-order valence-electron chi connectivity index (χ1n) is 11.8. The van der Waals surface area contributed by atoms with Gasteiger partial charge in [0, 0.05) is 18.1 Å². The Bertz CT molecular complexity index is 1010. The summed E-state index contributed by atoms with van der Waals surface area (Å²) in [6.07, 6.45) is 11.1. The number of nitrogens with two attached hydrogens (primary N) is 1. The van der Waals surface area contributed by atoms with Crippen molar-refractivity contribution in [3.63, 3.8) is 0 Å². The fraction of sp³-hybridized carbons (Fsp3) is 0.542. The minimum atomic E-state index is 0. The Labute approximate surface area is 208 Å². The van der Waals surface area contributed by atoms with E-state index in [1.54, 1.807) is 0 Å². The molecule has 180 valence electrons. The highest BCUT2D eigenvalue weighted by Crippen LogP contribution is 2.34. The molecule has 1 atom stereocenters. The zero-order valence-electron chi connectivity index (χ0n) is 19.1. The van der Waals surface area contributed by atoms with Gasteiger partial charge in [-0.1, -0.05) is 43.2 Å². The number of rotatable bonds is 6. The largest absolute Gasteiger partial charge is 0.362 e. The molecule has 0 bridgehead atoms. The Kier molecular flexibility index (Phi) is 8.79. The second-order valence-corrected chi connectivity index (χ2v) is 9.19. The van der Waals surface area contributed by atoms with Crippen LogP contribution >= 0.6 is 24.8 Å². The predicted octanol–water partition coefficient (Wildman–Crippen LogP) is 5.64. The normalized spacial score (nSPS) is 21.8. The Morgan fingerprint density at radius 2 is 1.67 bits per heavy atom. The average molecular weight is 492 g/mol. The first-order chi connectivity index (χ1) is 15.2. The van der Waals surface area contributed by atoms with Crippen LogP contribution in [0.1, 0.15) is 75.9 Å². The predicted molar refractivity (Wildman–Crippen MR) is 140 cm³/mol. The maximum Gasteiger partial charge on any atom is 0.227 e. The van der Waals surface area contributed by atoms with Gasteiger partial charge in [0.1, 0.15) is 0 Å². The lowest BCUT2D eigenvalue weighted by atomic mass is 9.92. The van der Waals surface area contributed by atoms with Crippen LogP contribution in [0, 0.1) is 0 Å². The summed E-state index contributed by atoms with van der Waals surface area (Å²) in [5.41, 5.74) is 9.10. The smallest absolute Gasteiger partial charge is 0.227 e. The van der Waals surface area contributed by atoms with Crippen LogP contribution in [0.4, 0.5) is 11.8 Å². The molecule has 5 rings (SSSR count). The molecular formula is C24H35Cl2N7. The van der Waals surface area contributed by atoms with E-state index < -0.39 is 0 Å². The number of aromatic nitrogens is 4. The molecule has 2 heterocycles. The topological polar surface area (TPSA) is 93.7 Å². The zero-order valence-corrected chi connectivity index (χ0v) is 20.7. The summed E-state index contributed by atoms with van der Waals surface area (Å²) < 4.78 is 2.27. The van der Waals surface area contributed by atoms with Crippen LogP contribution in [0.25, 0.3) is 11.2 Å². The molecule has 0 saturated heterocycles. The van der Waals surface area contributed by atoms with Crippen molar-refractivity contribution in [1.82, 2.24) is 19.5 Å². The van der Waals surface area contributed by atoms with Crippen LogP contribution in [-0.2, 0) is 0 Å². The summed E-state index contributed by atoms with van der Waals surface area (Å²) in [5.74, 6) is 1.49. The third-order valence-corrected chi connectivity index (χ3v) is 6.90. The van der Waals surface area contributed by atoms with Gasteiger partial charge >= 0.3 is 0 Å². The minimum absolute atomic E-state index is 0. The molecule has 2 aliphatic rings. The SMILES string of the molecule is C[C@@H](Nc1nc(N[C@H]2CC[C@H](N)CC2)nc2c1ncn2C1CCCC1)c1ccccc1.Cl.Cl. The van der Waals surface area contributed by atoms with Crippen molar-refractivity contribution in [3.05, 3.63) is 42.2 Å². The van der Waals surface area contributed by atoms with Crippen LogP contribution in [0.15, 0.2) is 36.7 Å². The van der Waals surface area contributed by atoms with Crippen LogP contribution in [-0.4, -0.2) is 31.6 Å². The van der Waals surface area contributed by atoms with Gasteiger partial charge in [-0.15, -0.1) is 24.8 Å². The van der Waals surface area contributed by atoms with E-state index in [1.807, 2.05) is 12.4 Å². The average Bonchev–Trinajstić information content (AvgIpc) is 3.46. The molecule has 2 aliphatic carbocycles. The van der Waals surface area contributed by atoms with Gasteiger partial charge in [0.15, 0.2) is 17.0 Å². The van der Waals surface area contributed by atoms with E-state index in [-0.39, 0.29) is 30.9 Å². The van der Waals surface area contributed by atoms with Gasteiger partial charge in [0.2, 0.25) is 5.95 Å². The summed E-state index contributed by atoms with van der Waals surface area (Å²) in [6, 6.07) is 11.8. The number of imidazole rings is 1. The molecule has 33 heavy (non-hydrogen) atoms. The fourth-order valence-corrected chi connectivity index (χ4v) is 5.01. The number of hydrogen-bond donors (Lipinski definition) is 3. The molecule has 0 radical (unpaired) electrons. The summed E-state index contributed by atoms with van der Waals surface area (Å²) in [6.45, 7) is 2.16. The van der Waals surface area contributed by atoms with Crippen molar-refractivity contribution >= 4 is 47.7 Å². The van der Waals surface area contributed by atoms with E-state index in [1.165, 1.54) is 31.2 Å². The molecule has 9 heteroatoms. The van der Waals surface area contributed by atoms with Gasteiger partial charge in [0.05, 0.1) is 12.4 Å². The Morgan fingerprint density at radius 1 is 0.970 bits per heavy atom. The highest BCUT2D eigenvalue weighted by atomic mass is 35.5. The van der Waals surface area contributed by atoms with Crippen molar-refractivity contribution in [2.75, 3.05) is 10.6 Å². The lowest BCUT2D eigenvalue weighted by molar-refractivity contribution is 0.410. The molecule has 2 fully saturated rings. The third kappa shape index (κ3) is 5.70. The number of nitrogens with zero attached hydrogens (tertiary/aromatic N) is 4. The Balaban J connectivity index is 0.00000153. The van der Waals surface area contributed by atoms with Crippen LogP contribution in [0.3, 0.4) is 0 Å². The van der Waals surface area contributed by atoms with Crippen molar-refractivity contribution in [2.24, 2.45) is 5.73 Å². The molecule has 0 spiro atoms.